The molecule has 0 saturated heterocycles. The number of rotatable bonds is 2. The number of aromatic hydroxyl groups is 1. The Morgan fingerprint density at radius 1 is 1.26 bits per heavy atom. The second kappa shape index (κ2) is 4.06. The fourth-order valence-corrected chi connectivity index (χ4v) is 3.97. The van der Waals surface area contributed by atoms with Crippen LogP contribution < -0.4 is 5.73 Å². The number of phenolic OH excluding ortho intramolecular Hbond substituents is 1. The van der Waals surface area contributed by atoms with Gasteiger partial charge in [0.05, 0.1) is 5.02 Å². The van der Waals surface area contributed by atoms with Gasteiger partial charge in [0, 0.05) is 17.7 Å². The number of benzene rings is 1. The Bertz CT molecular complexity index is 526. The normalized spacial score (nSPS) is 34.7. The van der Waals surface area contributed by atoms with Crippen molar-refractivity contribution in [3.8, 4) is 5.75 Å². The molecule has 2 aliphatic carbocycles. The highest BCUT2D eigenvalue weighted by atomic mass is 35.5. The molecule has 2 nitrogen and oxygen atoms in total. The molecule has 0 aliphatic heterocycles. The average Bonchev–Trinajstić information content (AvgIpc) is 2.87. The van der Waals surface area contributed by atoms with Gasteiger partial charge in [0.2, 0.25) is 0 Å². The Balaban J connectivity index is 1.99. The topological polar surface area (TPSA) is 46.2 Å². The van der Waals surface area contributed by atoms with Gasteiger partial charge in [0.1, 0.15) is 17.2 Å². The van der Waals surface area contributed by atoms with Crippen molar-refractivity contribution in [2.75, 3.05) is 0 Å². The molecule has 104 valence electrons. The molecule has 0 amide bonds. The molecule has 0 aromatic heterocycles. The van der Waals surface area contributed by atoms with Crippen LogP contribution in [0.5, 0.6) is 5.75 Å². The van der Waals surface area contributed by atoms with Crippen LogP contribution >= 0.6 is 11.6 Å². The Labute approximate surface area is 115 Å². The third-order valence-electron chi connectivity index (χ3n) is 4.85. The quantitative estimate of drug-likeness (QED) is 0.868. The van der Waals surface area contributed by atoms with E-state index in [0.29, 0.717) is 32.1 Å². The molecule has 3 rings (SSSR count). The second-order valence-corrected chi connectivity index (χ2v) is 6.41. The number of alkyl halides is 1. The summed E-state index contributed by atoms with van der Waals surface area (Å²) in [5.74, 6) is -0.722. The molecular formula is C14H16ClF2NO. The first-order chi connectivity index (χ1) is 8.85. The Kier molecular flexibility index (Phi) is 2.81. The molecule has 2 bridgehead atoms. The Morgan fingerprint density at radius 2 is 1.89 bits per heavy atom. The van der Waals surface area contributed by atoms with E-state index in [1.165, 1.54) is 6.07 Å². The zero-order chi connectivity index (χ0) is 13.8. The fourth-order valence-electron chi connectivity index (χ4n) is 3.75. The molecule has 0 spiro atoms. The molecule has 19 heavy (non-hydrogen) atoms. The van der Waals surface area contributed by atoms with Crippen LogP contribution in [-0.2, 0) is 0 Å². The summed E-state index contributed by atoms with van der Waals surface area (Å²) in [7, 11) is 0. The third-order valence-corrected chi connectivity index (χ3v) is 5.12. The zero-order valence-electron chi connectivity index (χ0n) is 10.4. The van der Waals surface area contributed by atoms with Crippen LogP contribution in [0.25, 0.3) is 0 Å². The average molecular weight is 288 g/mol. The summed E-state index contributed by atoms with van der Waals surface area (Å²) in [5.41, 5.74) is 4.86. The number of fused-ring (bicyclic) bond motifs is 2. The molecule has 0 heterocycles. The predicted octanol–water partition coefficient (Wildman–Crippen LogP) is 3.86. The van der Waals surface area contributed by atoms with E-state index in [2.05, 4.69) is 0 Å². The fraction of sp³-hybridized carbons (Fsp3) is 0.571. The summed E-state index contributed by atoms with van der Waals surface area (Å²) >= 11 is 5.73. The van der Waals surface area contributed by atoms with E-state index in [1.807, 2.05) is 0 Å². The van der Waals surface area contributed by atoms with Crippen molar-refractivity contribution in [1.82, 2.24) is 0 Å². The lowest BCUT2D eigenvalue weighted by atomic mass is 9.75. The van der Waals surface area contributed by atoms with E-state index in [-0.39, 0.29) is 16.3 Å². The SMILES string of the molecule is N[C@H](c1cc(O)cc(Cl)c1F)C12CCC(F)(CC1)C2. The lowest BCUT2D eigenvalue weighted by Crippen LogP contribution is -2.31. The van der Waals surface area contributed by atoms with Crippen LogP contribution in [0.4, 0.5) is 8.78 Å². The van der Waals surface area contributed by atoms with Crippen molar-refractivity contribution < 1.29 is 13.9 Å². The minimum Gasteiger partial charge on any atom is -0.508 e. The van der Waals surface area contributed by atoms with Gasteiger partial charge in [-0.15, -0.1) is 0 Å². The largest absolute Gasteiger partial charge is 0.508 e. The minimum atomic E-state index is -1.13. The summed E-state index contributed by atoms with van der Waals surface area (Å²) in [6.45, 7) is 0. The first-order valence-electron chi connectivity index (χ1n) is 6.48. The van der Waals surface area contributed by atoms with Crippen LogP contribution in [0.2, 0.25) is 5.02 Å². The molecule has 3 N–H and O–H groups in total. The van der Waals surface area contributed by atoms with Crippen molar-refractivity contribution in [1.29, 1.82) is 0 Å². The van der Waals surface area contributed by atoms with Crippen LogP contribution in [0.3, 0.4) is 0 Å². The number of nitrogens with two attached hydrogens (primary N) is 1. The molecule has 2 fully saturated rings. The smallest absolute Gasteiger partial charge is 0.146 e. The monoisotopic (exact) mass is 287 g/mol. The highest BCUT2D eigenvalue weighted by Crippen LogP contribution is 2.63. The van der Waals surface area contributed by atoms with Crippen LogP contribution in [0, 0.1) is 11.2 Å². The van der Waals surface area contributed by atoms with Crippen LogP contribution in [0.1, 0.15) is 43.7 Å². The summed E-state index contributed by atoms with van der Waals surface area (Å²) in [5, 5.41) is 9.40. The molecule has 2 saturated carbocycles. The van der Waals surface area contributed by atoms with Gasteiger partial charge in [0.25, 0.3) is 0 Å². The minimum absolute atomic E-state index is 0.115. The Morgan fingerprint density at radius 3 is 2.42 bits per heavy atom. The summed E-state index contributed by atoms with van der Waals surface area (Å²) in [4.78, 5) is 0. The first-order valence-corrected chi connectivity index (χ1v) is 6.86. The predicted molar refractivity (Wildman–Crippen MR) is 69.4 cm³/mol. The lowest BCUT2D eigenvalue weighted by molar-refractivity contribution is 0.175. The third kappa shape index (κ3) is 1.93. The van der Waals surface area contributed by atoms with Crippen LogP contribution in [0.15, 0.2) is 12.1 Å². The maximum absolute atomic E-state index is 14.2. The van der Waals surface area contributed by atoms with Crippen molar-refractivity contribution >= 4 is 11.6 Å². The van der Waals surface area contributed by atoms with E-state index in [9.17, 15) is 13.9 Å². The highest BCUT2D eigenvalue weighted by Gasteiger charge is 2.57. The number of halogens is 3. The van der Waals surface area contributed by atoms with Gasteiger partial charge in [-0.2, -0.15) is 0 Å². The van der Waals surface area contributed by atoms with Gasteiger partial charge >= 0.3 is 0 Å². The first kappa shape index (κ1) is 13.1. The maximum atomic E-state index is 14.2. The van der Waals surface area contributed by atoms with Crippen LogP contribution in [-0.4, -0.2) is 10.8 Å². The maximum Gasteiger partial charge on any atom is 0.146 e. The lowest BCUT2D eigenvalue weighted by Gasteiger charge is -2.33. The molecule has 1 atom stereocenters. The number of hydrogen-bond acceptors (Lipinski definition) is 2. The van der Waals surface area contributed by atoms with E-state index in [0.717, 1.165) is 6.07 Å². The summed E-state index contributed by atoms with van der Waals surface area (Å²) in [6.07, 6.45) is 2.70. The van der Waals surface area contributed by atoms with Crippen molar-refractivity contribution in [2.45, 2.75) is 43.8 Å². The van der Waals surface area contributed by atoms with Crippen molar-refractivity contribution in [3.63, 3.8) is 0 Å². The number of phenols is 1. The molecular weight excluding hydrogens is 272 g/mol. The summed E-state index contributed by atoms with van der Waals surface area (Å²) in [6, 6.07) is 1.82. The van der Waals surface area contributed by atoms with Gasteiger partial charge in [-0.3, -0.25) is 0 Å². The van der Waals surface area contributed by atoms with Gasteiger partial charge in [-0.1, -0.05) is 11.6 Å². The van der Waals surface area contributed by atoms with Gasteiger partial charge < -0.3 is 10.8 Å². The molecule has 2 aliphatic rings. The van der Waals surface area contributed by atoms with E-state index in [4.69, 9.17) is 17.3 Å². The number of hydrogen-bond donors (Lipinski definition) is 2. The molecule has 0 unspecified atom stereocenters. The standard InChI is InChI=1S/C14H16ClF2NO/c15-10-6-8(19)5-9(11(10)16)12(18)13-1-3-14(17,7-13)4-2-13/h5-6,12,19H,1-4,7,18H2/t12-,13?,14?/m1/s1. The van der Waals surface area contributed by atoms with E-state index >= 15 is 0 Å². The second-order valence-electron chi connectivity index (χ2n) is 6.00. The van der Waals surface area contributed by atoms with Gasteiger partial charge in [0.15, 0.2) is 0 Å². The van der Waals surface area contributed by atoms with Gasteiger partial charge in [-0.05, 0) is 43.6 Å². The zero-order valence-corrected chi connectivity index (χ0v) is 11.2. The van der Waals surface area contributed by atoms with E-state index in [1.54, 1.807) is 0 Å². The van der Waals surface area contributed by atoms with E-state index < -0.39 is 22.9 Å². The molecule has 1 aromatic rings. The van der Waals surface area contributed by atoms with Gasteiger partial charge in [-0.25, -0.2) is 8.78 Å². The molecule has 0 radical (unpaired) electrons. The molecule has 5 heteroatoms. The molecule has 1 aromatic carbocycles. The Hall–Kier alpha value is -0.870. The summed E-state index contributed by atoms with van der Waals surface area (Å²) < 4.78 is 28.3. The highest BCUT2D eigenvalue weighted by molar-refractivity contribution is 6.30. The van der Waals surface area contributed by atoms with Crippen molar-refractivity contribution in [2.24, 2.45) is 11.1 Å². The van der Waals surface area contributed by atoms with Crippen molar-refractivity contribution in [3.05, 3.63) is 28.5 Å².